The zero-order chi connectivity index (χ0) is 40.0. The van der Waals surface area contributed by atoms with Gasteiger partial charge in [-0.3, -0.25) is 0 Å². The average molecular weight is 768 g/mol. The van der Waals surface area contributed by atoms with Crippen LogP contribution in [0, 0.1) is 0 Å². The molecule has 2 aliphatic carbocycles. The summed E-state index contributed by atoms with van der Waals surface area (Å²) in [6.07, 6.45) is 0. The van der Waals surface area contributed by atoms with E-state index in [1.165, 1.54) is 77.9 Å². The molecule has 9 aromatic rings. The highest BCUT2D eigenvalue weighted by atomic mass is 16.5. The Labute approximate surface area is 351 Å². The quantitative estimate of drug-likeness (QED) is 0.173. The van der Waals surface area contributed by atoms with E-state index in [0.29, 0.717) is 0 Å². The molecule has 9 aromatic carbocycles. The summed E-state index contributed by atoms with van der Waals surface area (Å²) in [5.74, 6) is 1.80. The molecule has 0 fully saturated rings. The van der Waals surface area contributed by atoms with Gasteiger partial charge in [0, 0.05) is 33.6 Å². The first-order valence-electron chi connectivity index (χ1n) is 20.9. The summed E-state index contributed by atoms with van der Waals surface area (Å²) in [7, 11) is 0. The molecule has 1 aliphatic heterocycles. The van der Waals surface area contributed by atoms with Gasteiger partial charge in [-0.05, 0) is 115 Å². The average Bonchev–Trinajstić information content (AvgIpc) is 3.73. The van der Waals surface area contributed by atoms with Gasteiger partial charge in [0.25, 0.3) is 0 Å². The molecule has 0 atom stereocenters. The summed E-state index contributed by atoms with van der Waals surface area (Å²) >= 11 is 0. The van der Waals surface area contributed by atoms with Crippen molar-refractivity contribution in [2.45, 2.75) is 24.7 Å². The number of benzene rings is 9. The van der Waals surface area contributed by atoms with Crippen molar-refractivity contribution in [2.75, 3.05) is 4.90 Å². The van der Waals surface area contributed by atoms with Gasteiger partial charge in [-0.15, -0.1) is 0 Å². The van der Waals surface area contributed by atoms with E-state index in [9.17, 15) is 0 Å². The molecule has 1 heterocycles. The van der Waals surface area contributed by atoms with E-state index < -0.39 is 5.41 Å². The van der Waals surface area contributed by atoms with Crippen molar-refractivity contribution in [3.05, 3.63) is 246 Å². The van der Waals surface area contributed by atoms with Crippen molar-refractivity contribution in [2.24, 2.45) is 0 Å². The number of para-hydroxylation sites is 2. The first kappa shape index (κ1) is 34.6. The van der Waals surface area contributed by atoms with Crippen LogP contribution in [0.1, 0.15) is 47.2 Å². The Kier molecular flexibility index (Phi) is 7.52. The summed E-state index contributed by atoms with van der Waals surface area (Å²) in [5.41, 5.74) is 20.3. The second kappa shape index (κ2) is 13.0. The monoisotopic (exact) mass is 767 g/mol. The molecule has 0 bridgehead atoms. The Balaban J connectivity index is 1.04. The van der Waals surface area contributed by atoms with E-state index in [4.69, 9.17) is 4.74 Å². The normalized spacial score (nSPS) is 14.2. The number of rotatable bonds is 5. The first-order valence-corrected chi connectivity index (χ1v) is 20.9. The van der Waals surface area contributed by atoms with Crippen LogP contribution in [0.25, 0.3) is 44.5 Å². The molecule has 2 nitrogen and oxygen atoms in total. The van der Waals surface area contributed by atoms with Gasteiger partial charge in [-0.1, -0.05) is 178 Å². The zero-order valence-electron chi connectivity index (χ0n) is 33.6. The smallest absolute Gasteiger partial charge is 0.132 e. The molecule has 12 rings (SSSR count). The summed E-state index contributed by atoms with van der Waals surface area (Å²) in [4.78, 5) is 2.42. The molecule has 0 N–H and O–H groups in total. The fourth-order valence-electron chi connectivity index (χ4n) is 10.7. The molecule has 1 spiro atoms. The Morgan fingerprint density at radius 2 is 0.850 bits per heavy atom. The van der Waals surface area contributed by atoms with Crippen LogP contribution in [-0.4, -0.2) is 0 Å². The second-order valence-corrected chi connectivity index (χ2v) is 16.8. The van der Waals surface area contributed by atoms with Crippen molar-refractivity contribution in [1.29, 1.82) is 0 Å². The number of ether oxygens (including phenoxy) is 1. The minimum absolute atomic E-state index is 0.119. The molecule has 0 amide bonds. The minimum atomic E-state index is -0.550. The summed E-state index contributed by atoms with van der Waals surface area (Å²) in [6.45, 7) is 4.71. The fourth-order valence-corrected chi connectivity index (χ4v) is 10.7. The maximum Gasteiger partial charge on any atom is 0.132 e. The van der Waals surface area contributed by atoms with Gasteiger partial charge < -0.3 is 9.64 Å². The van der Waals surface area contributed by atoms with Crippen LogP contribution >= 0.6 is 0 Å². The largest absolute Gasteiger partial charge is 0.457 e. The maximum absolute atomic E-state index is 6.66. The predicted octanol–water partition coefficient (Wildman–Crippen LogP) is 15.3. The van der Waals surface area contributed by atoms with E-state index in [0.717, 1.165) is 28.6 Å². The molecule has 0 saturated carbocycles. The van der Waals surface area contributed by atoms with Gasteiger partial charge in [0.1, 0.15) is 11.5 Å². The minimum Gasteiger partial charge on any atom is -0.457 e. The van der Waals surface area contributed by atoms with Crippen molar-refractivity contribution in [1.82, 2.24) is 0 Å². The highest BCUT2D eigenvalue weighted by Crippen LogP contribution is 2.64. The Morgan fingerprint density at radius 3 is 1.58 bits per heavy atom. The van der Waals surface area contributed by atoms with E-state index in [-0.39, 0.29) is 5.41 Å². The van der Waals surface area contributed by atoms with Gasteiger partial charge in [-0.25, -0.2) is 0 Å². The summed E-state index contributed by atoms with van der Waals surface area (Å²) in [5, 5.41) is 0. The third kappa shape index (κ3) is 4.88. The van der Waals surface area contributed by atoms with Crippen molar-refractivity contribution in [3.63, 3.8) is 0 Å². The number of hydrogen-bond acceptors (Lipinski definition) is 2. The molecular formula is C58H41NO. The van der Waals surface area contributed by atoms with Crippen molar-refractivity contribution >= 4 is 17.1 Å². The van der Waals surface area contributed by atoms with Crippen LogP contribution in [-0.2, 0) is 10.8 Å². The molecule has 0 saturated heterocycles. The van der Waals surface area contributed by atoms with Gasteiger partial charge in [0.2, 0.25) is 0 Å². The Morgan fingerprint density at radius 1 is 0.333 bits per heavy atom. The maximum atomic E-state index is 6.66. The number of anilines is 3. The van der Waals surface area contributed by atoms with Crippen molar-refractivity contribution < 1.29 is 4.74 Å². The van der Waals surface area contributed by atoms with Gasteiger partial charge in [0.15, 0.2) is 0 Å². The van der Waals surface area contributed by atoms with Gasteiger partial charge >= 0.3 is 0 Å². The Bertz CT molecular complexity index is 3110. The van der Waals surface area contributed by atoms with Crippen LogP contribution in [0.5, 0.6) is 11.5 Å². The number of fused-ring (bicyclic) bond motifs is 12. The van der Waals surface area contributed by atoms with Crippen molar-refractivity contribution in [3.8, 4) is 56.0 Å². The van der Waals surface area contributed by atoms with Crippen LogP contribution < -0.4 is 9.64 Å². The molecule has 2 heteroatoms. The van der Waals surface area contributed by atoms with Crippen LogP contribution in [0.15, 0.2) is 212 Å². The lowest BCUT2D eigenvalue weighted by molar-refractivity contribution is 0.436. The van der Waals surface area contributed by atoms with E-state index in [1.807, 2.05) is 0 Å². The topological polar surface area (TPSA) is 12.5 Å². The first-order chi connectivity index (χ1) is 29.5. The lowest BCUT2D eigenvalue weighted by Gasteiger charge is -2.40. The highest BCUT2D eigenvalue weighted by molar-refractivity contribution is 5.95. The molecular weight excluding hydrogens is 727 g/mol. The van der Waals surface area contributed by atoms with E-state index in [2.05, 4.69) is 231 Å². The molecule has 0 radical (unpaired) electrons. The predicted molar refractivity (Wildman–Crippen MR) is 247 cm³/mol. The highest BCUT2D eigenvalue weighted by Gasteiger charge is 2.52. The van der Waals surface area contributed by atoms with Gasteiger partial charge in [0.05, 0.1) is 5.41 Å². The van der Waals surface area contributed by atoms with Crippen LogP contribution in [0.3, 0.4) is 0 Å². The molecule has 284 valence electrons. The van der Waals surface area contributed by atoms with E-state index in [1.54, 1.807) is 0 Å². The van der Waals surface area contributed by atoms with Crippen LogP contribution in [0.4, 0.5) is 17.1 Å². The zero-order valence-corrected chi connectivity index (χ0v) is 33.6. The fraction of sp³-hybridized carbons (Fsp3) is 0.0690. The molecule has 0 unspecified atom stereocenters. The summed E-state index contributed by atoms with van der Waals surface area (Å²) in [6, 6.07) is 77.8. The second-order valence-electron chi connectivity index (χ2n) is 16.8. The lowest BCUT2D eigenvalue weighted by atomic mass is 9.64. The number of nitrogens with zero attached hydrogens (tertiary/aromatic N) is 1. The SMILES string of the molecule is CC1(C)c2ccccc2-c2ccc(N(c3ccc(-c4cccc5c4C4(c6ccccc6Oc6ccccc64)c4ccccc4-5)cc3)c3cccc(-c4ccccc4)c3)cc21. The van der Waals surface area contributed by atoms with Gasteiger partial charge in [-0.2, -0.15) is 0 Å². The third-order valence-electron chi connectivity index (χ3n) is 13.3. The lowest BCUT2D eigenvalue weighted by Crippen LogP contribution is -2.32. The number of hydrogen-bond donors (Lipinski definition) is 0. The summed E-state index contributed by atoms with van der Waals surface area (Å²) < 4.78 is 6.66. The third-order valence-corrected chi connectivity index (χ3v) is 13.3. The molecule has 0 aromatic heterocycles. The standard InChI is InChI=1S/C58H41NO/c1-57(2)49-24-8-6-20-45(49)47-35-34-43(37-53(47)57)59(42-19-14-18-40(36-42)38-16-4-3-5-17-38)41-32-30-39(31-33-41)44-22-15-23-48-46-21-7-9-25-50(46)58(56(44)48)51-26-10-12-28-54(51)60-55-29-13-11-27-52(55)58/h3-37H,1-2H3. The van der Waals surface area contributed by atoms with Crippen LogP contribution in [0.2, 0.25) is 0 Å². The molecule has 3 aliphatic rings. The Hall–Kier alpha value is -7.42. The molecule has 60 heavy (non-hydrogen) atoms. The van der Waals surface area contributed by atoms with E-state index >= 15 is 0 Å².